The van der Waals surface area contributed by atoms with E-state index >= 15 is 0 Å². The number of benzene rings is 1. The third-order valence-electron chi connectivity index (χ3n) is 6.75. The zero-order valence-corrected chi connectivity index (χ0v) is 20.8. The van der Waals surface area contributed by atoms with Crippen molar-refractivity contribution in [2.45, 2.75) is 76.3 Å². The van der Waals surface area contributed by atoms with E-state index in [9.17, 15) is 14.4 Å². The molecule has 3 N–H and O–H groups in total. The maximum atomic E-state index is 12.7. The van der Waals surface area contributed by atoms with Crippen molar-refractivity contribution < 1.29 is 23.6 Å². The summed E-state index contributed by atoms with van der Waals surface area (Å²) in [6.45, 7) is 1.49. The van der Waals surface area contributed by atoms with E-state index in [1.165, 1.54) is 14.0 Å². The van der Waals surface area contributed by atoms with Crippen LogP contribution in [0.3, 0.4) is 0 Å². The molecule has 1 atom stereocenters. The average Bonchev–Trinajstić information content (AvgIpc) is 3.44. The molecule has 1 aliphatic carbocycles. The number of aromatic amines is 1. The molecular formula is C26H33N5O5. The monoisotopic (exact) mass is 495 g/mol. The molecule has 1 aliphatic rings. The Morgan fingerprint density at radius 2 is 1.92 bits per heavy atom. The largest absolute Gasteiger partial charge is 0.467 e. The number of esters is 1. The summed E-state index contributed by atoms with van der Waals surface area (Å²) in [7, 11) is 1.30. The van der Waals surface area contributed by atoms with Crippen LogP contribution in [-0.2, 0) is 37.5 Å². The van der Waals surface area contributed by atoms with Crippen molar-refractivity contribution >= 4 is 28.7 Å². The summed E-state index contributed by atoms with van der Waals surface area (Å²) in [4.78, 5) is 44.7. The van der Waals surface area contributed by atoms with Gasteiger partial charge in [-0.05, 0) is 24.5 Å². The maximum Gasteiger partial charge on any atom is 0.328 e. The van der Waals surface area contributed by atoms with E-state index in [1.54, 1.807) is 0 Å². The SMILES string of the molecule is COC(=O)[C@@H](Cc1c[nH]c2ccccc12)NC(=O)CCc1nc(C2(NC(C)=O)CCCCCC2)no1. The molecule has 0 radical (unpaired) electrons. The van der Waals surface area contributed by atoms with Crippen molar-refractivity contribution in [3.05, 3.63) is 47.7 Å². The summed E-state index contributed by atoms with van der Waals surface area (Å²) in [6.07, 6.45) is 8.07. The minimum atomic E-state index is -0.825. The van der Waals surface area contributed by atoms with E-state index in [2.05, 4.69) is 25.8 Å². The molecule has 0 aliphatic heterocycles. The second kappa shape index (κ2) is 11.4. The quantitative estimate of drug-likeness (QED) is 0.306. The van der Waals surface area contributed by atoms with Gasteiger partial charge in [0.05, 0.1) is 7.11 Å². The topological polar surface area (TPSA) is 139 Å². The number of aryl methyl sites for hydroxylation is 1. The van der Waals surface area contributed by atoms with Crippen molar-refractivity contribution in [1.82, 2.24) is 25.8 Å². The van der Waals surface area contributed by atoms with Gasteiger partial charge in [0, 0.05) is 43.3 Å². The number of carbonyl (C=O) groups excluding carboxylic acids is 3. The highest BCUT2D eigenvalue weighted by atomic mass is 16.5. The Labute approximate surface area is 209 Å². The van der Waals surface area contributed by atoms with Gasteiger partial charge in [-0.3, -0.25) is 9.59 Å². The van der Waals surface area contributed by atoms with Gasteiger partial charge in [0.15, 0.2) is 5.82 Å². The number of fused-ring (bicyclic) bond motifs is 1. The van der Waals surface area contributed by atoms with Crippen LogP contribution in [0, 0.1) is 0 Å². The Kier molecular flexibility index (Phi) is 8.02. The molecule has 3 aromatic rings. The molecule has 192 valence electrons. The molecule has 10 heteroatoms. The number of carbonyl (C=O) groups is 3. The third kappa shape index (κ3) is 5.92. The van der Waals surface area contributed by atoms with Crippen molar-refractivity contribution in [2.24, 2.45) is 0 Å². The zero-order chi connectivity index (χ0) is 25.5. The highest BCUT2D eigenvalue weighted by Gasteiger charge is 2.38. The van der Waals surface area contributed by atoms with Crippen LogP contribution < -0.4 is 10.6 Å². The summed E-state index contributed by atoms with van der Waals surface area (Å²) >= 11 is 0. The number of H-pyrrole nitrogens is 1. The molecule has 0 bridgehead atoms. The predicted octanol–water partition coefficient (Wildman–Crippen LogP) is 3.07. The number of hydrogen-bond acceptors (Lipinski definition) is 7. The smallest absolute Gasteiger partial charge is 0.328 e. The molecule has 0 saturated heterocycles. The number of amides is 2. The second-order valence-electron chi connectivity index (χ2n) is 9.40. The first-order chi connectivity index (χ1) is 17.4. The number of para-hydroxylation sites is 1. The van der Waals surface area contributed by atoms with Crippen LogP contribution in [-0.4, -0.2) is 46.1 Å². The fraction of sp³-hybridized carbons (Fsp3) is 0.500. The lowest BCUT2D eigenvalue weighted by Gasteiger charge is -2.30. The Balaban J connectivity index is 1.39. The van der Waals surface area contributed by atoms with E-state index in [-0.39, 0.29) is 24.7 Å². The van der Waals surface area contributed by atoms with Gasteiger partial charge in [-0.25, -0.2) is 4.79 Å². The molecule has 2 aromatic heterocycles. The summed E-state index contributed by atoms with van der Waals surface area (Å²) in [5.41, 5.74) is 1.23. The number of methoxy groups -OCH3 is 1. The molecule has 0 spiro atoms. The highest BCUT2D eigenvalue weighted by Crippen LogP contribution is 2.34. The van der Waals surface area contributed by atoms with Gasteiger partial charge in [-0.15, -0.1) is 0 Å². The van der Waals surface area contributed by atoms with Crippen molar-refractivity contribution in [3.63, 3.8) is 0 Å². The van der Waals surface area contributed by atoms with Crippen molar-refractivity contribution in [1.29, 1.82) is 0 Å². The van der Waals surface area contributed by atoms with Gasteiger partial charge in [0.1, 0.15) is 11.6 Å². The van der Waals surface area contributed by atoms with Crippen LogP contribution >= 0.6 is 0 Å². The molecule has 4 rings (SSSR count). The van der Waals surface area contributed by atoms with Gasteiger partial charge >= 0.3 is 5.97 Å². The predicted molar refractivity (Wildman–Crippen MR) is 132 cm³/mol. The molecule has 2 amide bonds. The van der Waals surface area contributed by atoms with Crippen LogP contribution in [0.1, 0.15) is 69.1 Å². The van der Waals surface area contributed by atoms with E-state index in [4.69, 9.17) is 9.26 Å². The Morgan fingerprint density at radius 3 is 2.64 bits per heavy atom. The first-order valence-corrected chi connectivity index (χ1v) is 12.4. The van der Waals surface area contributed by atoms with Gasteiger partial charge < -0.3 is 24.9 Å². The molecule has 0 unspecified atom stereocenters. The van der Waals surface area contributed by atoms with Gasteiger partial charge in [0.2, 0.25) is 17.7 Å². The van der Waals surface area contributed by atoms with Gasteiger partial charge in [0.25, 0.3) is 0 Å². The van der Waals surface area contributed by atoms with E-state index in [0.29, 0.717) is 18.1 Å². The Hall–Kier alpha value is -3.69. The first kappa shape index (κ1) is 25.4. The standard InChI is InChI=1S/C26H33N5O5/c1-17(32)30-26(13-7-3-4-8-14-26)25-29-23(36-31-25)12-11-22(33)28-21(24(34)35-2)15-18-16-27-20-10-6-5-9-19(18)20/h5-6,9-10,16,21,27H,3-4,7-8,11-15H2,1-2H3,(H,28,33)(H,30,32)/t21-/m1/s1. The molecule has 1 fully saturated rings. The molecule has 1 aromatic carbocycles. The van der Waals surface area contributed by atoms with Crippen molar-refractivity contribution in [2.75, 3.05) is 7.11 Å². The Bertz CT molecular complexity index is 1210. The Morgan fingerprint density at radius 1 is 1.17 bits per heavy atom. The van der Waals surface area contributed by atoms with E-state index in [0.717, 1.165) is 55.0 Å². The summed E-state index contributed by atoms with van der Waals surface area (Å²) in [6, 6.07) is 6.95. The first-order valence-electron chi connectivity index (χ1n) is 12.4. The summed E-state index contributed by atoms with van der Waals surface area (Å²) in [5.74, 6) is -0.191. The van der Waals surface area contributed by atoms with Crippen LogP contribution in [0.2, 0.25) is 0 Å². The lowest BCUT2D eigenvalue weighted by Crippen LogP contribution is -2.45. The van der Waals surface area contributed by atoms with Crippen LogP contribution in [0.25, 0.3) is 10.9 Å². The third-order valence-corrected chi connectivity index (χ3v) is 6.75. The lowest BCUT2D eigenvalue weighted by atomic mass is 9.89. The number of aromatic nitrogens is 3. The minimum absolute atomic E-state index is 0.0656. The molecule has 2 heterocycles. The van der Waals surface area contributed by atoms with Crippen molar-refractivity contribution in [3.8, 4) is 0 Å². The maximum absolute atomic E-state index is 12.7. The highest BCUT2D eigenvalue weighted by molar-refractivity contribution is 5.87. The van der Waals surface area contributed by atoms with Crippen LogP contribution in [0.4, 0.5) is 0 Å². The number of hydrogen-bond donors (Lipinski definition) is 3. The zero-order valence-electron chi connectivity index (χ0n) is 20.8. The molecular weight excluding hydrogens is 462 g/mol. The van der Waals surface area contributed by atoms with Gasteiger partial charge in [-0.1, -0.05) is 49.0 Å². The fourth-order valence-corrected chi connectivity index (χ4v) is 4.97. The molecule has 10 nitrogen and oxygen atoms in total. The number of rotatable bonds is 9. The summed E-state index contributed by atoms with van der Waals surface area (Å²) < 4.78 is 10.4. The normalized spacial score (nSPS) is 16.2. The number of ether oxygens (including phenoxy) is 1. The van der Waals surface area contributed by atoms with Crippen LogP contribution in [0.5, 0.6) is 0 Å². The number of nitrogens with zero attached hydrogens (tertiary/aromatic N) is 2. The van der Waals surface area contributed by atoms with E-state index in [1.807, 2.05) is 30.5 Å². The minimum Gasteiger partial charge on any atom is -0.467 e. The van der Waals surface area contributed by atoms with E-state index < -0.39 is 17.6 Å². The molecule has 1 saturated carbocycles. The second-order valence-corrected chi connectivity index (χ2v) is 9.40. The lowest BCUT2D eigenvalue weighted by molar-refractivity contribution is -0.145. The fourth-order valence-electron chi connectivity index (χ4n) is 4.97. The number of nitrogens with one attached hydrogen (secondary N) is 3. The van der Waals surface area contributed by atoms with Crippen LogP contribution in [0.15, 0.2) is 35.0 Å². The average molecular weight is 496 g/mol. The molecule has 36 heavy (non-hydrogen) atoms. The summed E-state index contributed by atoms with van der Waals surface area (Å²) in [5, 5.41) is 11.0. The van der Waals surface area contributed by atoms with Gasteiger partial charge in [-0.2, -0.15) is 4.98 Å².